The molecule has 1 spiro atoms. The van der Waals surface area contributed by atoms with Gasteiger partial charge in [-0.3, -0.25) is 0 Å². The van der Waals surface area contributed by atoms with Crippen molar-refractivity contribution >= 4 is 0 Å². The Morgan fingerprint density at radius 2 is 1.75 bits per heavy atom. The fourth-order valence-corrected chi connectivity index (χ4v) is 2.99. The van der Waals surface area contributed by atoms with Gasteiger partial charge in [0.2, 0.25) is 0 Å². The van der Waals surface area contributed by atoms with Gasteiger partial charge in [-0.05, 0) is 44.1 Å². The molecule has 12 heavy (non-hydrogen) atoms. The van der Waals surface area contributed by atoms with Gasteiger partial charge in [0.1, 0.15) is 0 Å². The van der Waals surface area contributed by atoms with Crippen LogP contribution in [0.2, 0.25) is 0 Å². The van der Waals surface area contributed by atoms with Crippen LogP contribution in [-0.2, 0) is 0 Å². The number of hydrogen-bond acceptors (Lipinski definition) is 1. The molecule has 0 amide bonds. The minimum Gasteiger partial charge on any atom is -0.314 e. The van der Waals surface area contributed by atoms with Gasteiger partial charge in [0.05, 0.1) is 0 Å². The molecule has 0 bridgehead atoms. The summed E-state index contributed by atoms with van der Waals surface area (Å²) in [6.07, 6.45) is 7.31. The molecule has 1 aliphatic carbocycles. The maximum Gasteiger partial charge on any atom is 0.00956 e. The third-order valence-electron chi connectivity index (χ3n) is 4.26. The Labute approximate surface area is 75.9 Å². The summed E-state index contributed by atoms with van der Waals surface area (Å²) in [4.78, 5) is 0. The highest BCUT2D eigenvalue weighted by atomic mass is 15.0. The summed E-state index contributed by atoms with van der Waals surface area (Å²) in [7, 11) is 0. The van der Waals surface area contributed by atoms with E-state index in [1.54, 1.807) is 0 Å². The standard InChI is InChI=1S/C11H21N/c1-9-3-5-11(6-4-9)7-8-12-10(11)2/h9-10,12H,3-8H2,1-2H3. The van der Waals surface area contributed by atoms with Gasteiger partial charge < -0.3 is 5.32 Å². The Kier molecular flexibility index (Phi) is 2.16. The molecule has 2 rings (SSSR count). The lowest BCUT2D eigenvalue weighted by molar-refractivity contribution is 0.143. The van der Waals surface area contributed by atoms with Crippen LogP contribution < -0.4 is 5.32 Å². The molecule has 70 valence electrons. The highest BCUT2D eigenvalue weighted by Crippen LogP contribution is 2.46. The van der Waals surface area contributed by atoms with Gasteiger partial charge in [0.25, 0.3) is 0 Å². The Hall–Kier alpha value is -0.0400. The van der Waals surface area contributed by atoms with Crippen LogP contribution in [0, 0.1) is 11.3 Å². The second-order valence-electron chi connectivity index (χ2n) is 4.97. The summed E-state index contributed by atoms with van der Waals surface area (Å²) < 4.78 is 0. The van der Waals surface area contributed by atoms with Gasteiger partial charge in [0.15, 0.2) is 0 Å². The van der Waals surface area contributed by atoms with Crippen LogP contribution in [0.1, 0.15) is 46.0 Å². The van der Waals surface area contributed by atoms with Crippen LogP contribution >= 0.6 is 0 Å². The molecule has 1 heterocycles. The molecule has 1 saturated heterocycles. The lowest BCUT2D eigenvalue weighted by Crippen LogP contribution is -2.36. The van der Waals surface area contributed by atoms with Crippen LogP contribution in [0.25, 0.3) is 0 Å². The van der Waals surface area contributed by atoms with Crippen molar-refractivity contribution in [2.24, 2.45) is 11.3 Å². The molecular weight excluding hydrogens is 146 g/mol. The Morgan fingerprint density at radius 1 is 1.08 bits per heavy atom. The molecule has 1 saturated carbocycles. The zero-order valence-corrected chi connectivity index (χ0v) is 8.40. The molecule has 1 aliphatic heterocycles. The molecule has 0 aromatic carbocycles. The Balaban J connectivity index is 2.02. The van der Waals surface area contributed by atoms with Crippen LogP contribution in [0.15, 0.2) is 0 Å². The van der Waals surface area contributed by atoms with E-state index in [1.807, 2.05) is 0 Å². The van der Waals surface area contributed by atoms with Crippen molar-refractivity contribution in [1.29, 1.82) is 0 Å². The highest BCUT2D eigenvalue weighted by molar-refractivity contribution is 4.96. The van der Waals surface area contributed by atoms with E-state index in [9.17, 15) is 0 Å². The topological polar surface area (TPSA) is 12.0 Å². The summed E-state index contributed by atoms with van der Waals surface area (Å²) >= 11 is 0. The Morgan fingerprint density at radius 3 is 2.25 bits per heavy atom. The average Bonchev–Trinajstić information content (AvgIpc) is 2.41. The fourth-order valence-electron chi connectivity index (χ4n) is 2.99. The van der Waals surface area contributed by atoms with E-state index < -0.39 is 0 Å². The minimum absolute atomic E-state index is 0.701. The predicted octanol–water partition coefficient (Wildman–Crippen LogP) is 2.56. The maximum absolute atomic E-state index is 3.59. The van der Waals surface area contributed by atoms with E-state index in [1.165, 1.54) is 38.6 Å². The normalized spacial score (nSPS) is 48.5. The molecule has 1 nitrogen and oxygen atoms in total. The van der Waals surface area contributed by atoms with E-state index in [-0.39, 0.29) is 0 Å². The number of nitrogens with one attached hydrogen (secondary N) is 1. The van der Waals surface area contributed by atoms with Crippen molar-refractivity contribution in [3.8, 4) is 0 Å². The summed E-state index contributed by atoms with van der Waals surface area (Å²) in [6, 6.07) is 0.782. The lowest BCUT2D eigenvalue weighted by atomic mass is 9.67. The van der Waals surface area contributed by atoms with Gasteiger partial charge in [-0.15, -0.1) is 0 Å². The van der Waals surface area contributed by atoms with Crippen molar-refractivity contribution in [2.75, 3.05) is 6.54 Å². The smallest absolute Gasteiger partial charge is 0.00956 e. The maximum atomic E-state index is 3.59. The molecule has 2 aliphatic rings. The minimum atomic E-state index is 0.701. The van der Waals surface area contributed by atoms with Gasteiger partial charge in [-0.1, -0.05) is 19.8 Å². The van der Waals surface area contributed by atoms with Crippen molar-refractivity contribution in [2.45, 2.75) is 52.0 Å². The third-order valence-corrected chi connectivity index (χ3v) is 4.26. The third kappa shape index (κ3) is 1.28. The van der Waals surface area contributed by atoms with Crippen LogP contribution in [0.5, 0.6) is 0 Å². The first-order chi connectivity index (χ1) is 5.73. The van der Waals surface area contributed by atoms with Crippen molar-refractivity contribution < 1.29 is 0 Å². The SMILES string of the molecule is CC1CCC2(CCNC2C)CC1. The predicted molar refractivity (Wildman–Crippen MR) is 52.1 cm³/mol. The van der Waals surface area contributed by atoms with Gasteiger partial charge in [-0.2, -0.15) is 0 Å². The number of rotatable bonds is 0. The van der Waals surface area contributed by atoms with E-state index in [4.69, 9.17) is 0 Å². The van der Waals surface area contributed by atoms with Gasteiger partial charge in [0, 0.05) is 6.04 Å². The zero-order valence-electron chi connectivity index (χ0n) is 8.40. The molecule has 2 fully saturated rings. The van der Waals surface area contributed by atoms with Crippen molar-refractivity contribution in [3.05, 3.63) is 0 Å². The molecule has 0 aromatic heterocycles. The first-order valence-corrected chi connectivity index (χ1v) is 5.46. The van der Waals surface area contributed by atoms with Crippen LogP contribution in [0.3, 0.4) is 0 Å². The summed E-state index contributed by atoms with van der Waals surface area (Å²) in [5.74, 6) is 0.989. The average molecular weight is 167 g/mol. The fraction of sp³-hybridized carbons (Fsp3) is 1.00. The van der Waals surface area contributed by atoms with E-state index >= 15 is 0 Å². The second kappa shape index (κ2) is 3.02. The molecule has 1 unspecified atom stereocenters. The quantitative estimate of drug-likeness (QED) is 0.584. The van der Waals surface area contributed by atoms with E-state index in [0.29, 0.717) is 5.41 Å². The molecule has 1 N–H and O–H groups in total. The molecular formula is C11H21N. The second-order valence-corrected chi connectivity index (χ2v) is 4.97. The summed E-state index contributed by atoms with van der Waals surface area (Å²) in [5.41, 5.74) is 0.701. The van der Waals surface area contributed by atoms with Crippen molar-refractivity contribution in [1.82, 2.24) is 5.32 Å². The zero-order chi connectivity index (χ0) is 8.60. The van der Waals surface area contributed by atoms with Crippen molar-refractivity contribution in [3.63, 3.8) is 0 Å². The largest absolute Gasteiger partial charge is 0.314 e. The Bertz CT molecular complexity index is 156. The molecule has 0 radical (unpaired) electrons. The highest BCUT2D eigenvalue weighted by Gasteiger charge is 2.41. The van der Waals surface area contributed by atoms with Crippen LogP contribution in [-0.4, -0.2) is 12.6 Å². The molecule has 1 atom stereocenters. The summed E-state index contributed by atoms with van der Waals surface area (Å²) in [5, 5.41) is 3.59. The molecule has 1 heteroatoms. The van der Waals surface area contributed by atoms with E-state index in [0.717, 1.165) is 12.0 Å². The lowest BCUT2D eigenvalue weighted by Gasteiger charge is -2.39. The number of hydrogen-bond donors (Lipinski definition) is 1. The van der Waals surface area contributed by atoms with Crippen LogP contribution in [0.4, 0.5) is 0 Å². The first-order valence-electron chi connectivity index (χ1n) is 5.46. The first kappa shape index (κ1) is 8.55. The molecule has 0 aromatic rings. The van der Waals surface area contributed by atoms with E-state index in [2.05, 4.69) is 19.2 Å². The van der Waals surface area contributed by atoms with Gasteiger partial charge >= 0.3 is 0 Å². The summed E-state index contributed by atoms with van der Waals surface area (Å²) in [6.45, 7) is 6.04. The monoisotopic (exact) mass is 167 g/mol. The van der Waals surface area contributed by atoms with Gasteiger partial charge in [-0.25, -0.2) is 0 Å².